The van der Waals surface area contributed by atoms with E-state index < -0.39 is 11.9 Å². The molecular formula is C6H6F3N2. The van der Waals surface area contributed by atoms with Gasteiger partial charge in [0.1, 0.15) is 11.9 Å². The predicted octanol–water partition coefficient (Wildman–Crippen LogP) is 1.55. The van der Waals surface area contributed by atoms with E-state index in [2.05, 4.69) is 11.3 Å². The molecule has 0 amide bonds. The van der Waals surface area contributed by atoms with E-state index in [4.69, 9.17) is 0 Å². The van der Waals surface area contributed by atoms with E-state index in [0.717, 1.165) is 4.68 Å². The zero-order valence-electron chi connectivity index (χ0n) is 6.03. The Morgan fingerprint density at radius 3 is 2.18 bits per heavy atom. The molecule has 0 N–H and O–H groups in total. The molecule has 0 bridgehead atoms. The van der Waals surface area contributed by atoms with Gasteiger partial charge < -0.3 is 0 Å². The van der Waals surface area contributed by atoms with Crippen molar-refractivity contribution in [1.29, 1.82) is 0 Å². The molecule has 0 atom stereocenters. The number of aryl methyl sites for hydroxylation is 2. The predicted molar refractivity (Wildman–Crippen MR) is 31.8 cm³/mol. The molecule has 1 heterocycles. The van der Waals surface area contributed by atoms with Crippen molar-refractivity contribution in [3.63, 3.8) is 0 Å². The van der Waals surface area contributed by atoms with Crippen molar-refractivity contribution in [3.8, 4) is 0 Å². The van der Waals surface area contributed by atoms with Crippen LogP contribution in [-0.2, 0) is 13.2 Å². The van der Waals surface area contributed by atoms with Crippen LogP contribution in [-0.4, -0.2) is 9.78 Å². The van der Waals surface area contributed by atoms with Crippen LogP contribution < -0.4 is 0 Å². The van der Waals surface area contributed by atoms with E-state index in [-0.39, 0.29) is 5.56 Å². The lowest BCUT2D eigenvalue weighted by Gasteiger charge is -2.06. The third kappa shape index (κ3) is 1.36. The molecule has 5 heteroatoms. The Labute approximate surface area is 61.6 Å². The van der Waals surface area contributed by atoms with Gasteiger partial charge >= 0.3 is 6.18 Å². The summed E-state index contributed by atoms with van der Waals surface area (Å²) in [5.74, 6) is 0. The molecule has 61 valence electrons. The maximum absolute atomic E-state index is 12.1. The molecule has 0 aliphatic carbocycles. The highest BCUT2D eigenvalue weighted by molar-refractivity contribution is 5.17. The van der Waals surface area contributed by atoms with Crippen molar-refractivity contribution in [2.75, 3.05) is 0 Å². The van der Waals surface area contributed by atoms with E-state index >= 15 is 0 Å². The van der Waals surface area contributed by atoms with Crippen molar-refractivity contribution in [3.05, 3.63) is 17.5 Å². The molecule has 0 saturated carbocycles. The van der Waals surface area contributed by atoms with Gasteiger partial charge in [0, 0.05) is 12.6 Å². The van der Waals surface area contributed by atoms with E-state index in [0.29, 0.717) is 0 Å². The average molecular weight is 163 g/mol. The van der Waals surface area contributed by atoms with Gasteiger partial charge in [0.25, 0.3) is 0 Å². The molecule has 0 aromatic carbocycles. The summed E-state index contributed by atoms with van der Waals surface area (Å²) in [4.78, 5) is 0. The standard InChI is InChI=1S/C6H6F3N2/c1-4-3-10-11(2)5(4)6(7,8)9/h1-2H3. The second-order valence-electron chi connectivity index (χ2n) is 2.21. The molecule has 0 unspecified atom stereocenters. The number of alkyl halides is 3. The molecule has 0 aliphatic heterocycles. The fourth-order valence-corrected chi connectivity index (χ4v) is 0.892. The third-order valence-electron chi connectivity index (χ3n) is 1.32. The zero-order chi connectivity index (χ0) is 8.65. The van der Waals surface area contributed by atoms with Gasteiger partial charge in [-0.3, -0.25) is 4.68 Å². The van der Waals surface area contributed by atoms with Crippen molar-refractivity contribution in [2.45, 2.75) is 13.1 Å². The van der Waals surface area contributed by atoms with E-state index in [1.165, 1.54) is 14.0 Å². The molecule has 0 fully saturated rings. The Kier molecular flexibility index (Phi) is 1.66. The fourth-order valence-electron chi connectivity index (χ4n) is 0.892. The summed E-state index contributed by atoms with van der Waals surface area (Å²) in [5, 5.41) is 3.35. The van der Waals surface area contributed by atoms with Gasteiger partial charge in [-0.2, -0.15) is 18.3 Å². The van der Waals surface area contributed by atoms with E-state index in [1.807, 2.05) is 0 Å². The summed E-state index contributed by atoms with van der Waals surface area (Å²) in [6, 6.07) is 0. The van der Waals surface area contributed by atoms with Crippen LogP contribution in [0.2, 0.25) is 0 Å². The van der Waals surface area contributed by atoms with Gasteiger partial charge in [0.05, 0.1) is 0 Å². The molecule has 1 radical (unpaired) electrons. The van der Waals surface area contributed by atoms with Crippen molar-refractivity contribution in [2.24, 2.45) is 7.05 Å². The largest absolute Gasteiger partial charge is 0.433 e. The average Bonchev–Trinajstić information content (AvgIpc) is 2.08. The van der Waals surface area contributed by atoms with Gasteiger partial charge in [-0.15, -0.1) is 0 Å². The SMILES string of the molecule is Cc1[c]nn(C)c1C(F)(F)F. The highest BCUT2D eigenvalue weighted by Gasteiger charge is 2.36. The topological polar surface area (TPSA) is 17.8 Å². The molecular weight excluding hydrogens is 157 g/mol. The van der Waals surface area contributed by atoms with Gasteiger partial charge in [-0.25, -0.2) is 0 Å². The lowest BCUT2D eigenvalue weighted by molar-refractivity contribution is -0.144. The maximum atomic E-state index is 12.1. The monoisotopic (exact) mass is 163 g/mol. The Morgan fingerprint density at radius 2 is 2.00 bits per heavy atom. The normalized spacial score (nSPS) is 12.1. The molecule has 0 saturated heterocycles. The van der Waals surface area contributed by atoms with E-state index in [1.54, 1.807) is 0 Å². The summed E-state index contributed by atoms with van der Waals surface area (Å²) in [6.07, 6.45) is -2.09. The van der Waals surface area contributed by atoms with Gasteiger partial charge in [-0.05, 0) is 6.92 Å². The lowest BCUT2D eigenvalue weighted by Crippen LogP contribution is -2.12. The molecule has 1 rings (SSSR count). The molecule has 2 nitrogen and oxygen atoms in total. The molecule has 0 aliphatic rings. The summed E-state index contributed by atoms with van der Waals surface area (Å²) in [5.41, 5.74) is -0.711. The quantitative estimate of drug-likeness (QED) is 0.567. The molecule has 0 spiro atoms. The van der Waals surface area contributed by atoms with Crippen LogP contribution in [0.5, 0.6) is 0 Å². The third-order valence-corrected chi connectivity index (χ3v) is 1.32. The molecule has 11 heavy (non-hydrogen) atoms. The van der Waals surface area contributed by atoms with Crippen molar-refractivity contribution in [1.82, 2.24) is 9.78 Å². The Bertz CT molecular complexity index is 242. The number of hydrogen-bond donors (Lipinski definition) is 0. The zero-order valence-corrected chi connectivity index (χ0v) is 6.03. The Hall–Kier alpha value is -1.00. The van der Waals surface area contributed by atoms with Gasteiger partial charge in [0.15, 0.2) is 0 Å². The lowest BCUT2D eigenvalue weighted by atomic mass is 10.3. The maximum Gasteiger partial charge on any atom is 0.433 e. The van der Waals surface area contributed by atoms with Crippen LogP contribution in [0, 0.1) is 13.1 Å². The first kappa shape index (κ1) is 8.10. The second-order valence-corrected chi connectivity index (χ2v) is 2.21. The number of nitrogens with zero attached hydrogens (tertiary/aromatic N) is 2. The summed E-state index contributed by atoms with van der Waals surface area (Å²) in [7, 11) is 1.24. The fraction of sp³-hybridized carbons (Fsp3) is 0.500. The van der Waals surface area contributed by atoms with Crippen LogP contribution in [0.3, 0.4) is 0 Å². The Morgan fingerprint density at radius 1 is 1.45 bits per heavy atom. The number of halogens is 3. The van der Waals surface area contributed by atoms with Crippen molar-refractivity contribution >= 4 is 0 Å². The van der Waals surface area contributed by atoms with Crippen LogP contribution in [0.15, 0.2) is 0 Å². The highest BCUT2D eigenvalue weighted by Crippen LogP contribution is 2.30. The van der Waals surface area contributed by atoms with Crippen molar-refractivity contribution < 1.29 is 13.2 Å². The summed E-state index contributed by atoms with van der Waals surface area (Å²) in [6.45, 7) is 1.33. The van der Waals surface area contributed by atoms with E-state index in [9.17, 15) is 13.2 Å². The van der Waals surface area contributed by atoms with Gasteiger partial charge in [-0.1, -0.05) is 0 Å². The first-order chi connectivity index (χ1) is 4.93. The Balaban J connectivity index is 3.21. The summed E-state index contributed by atoms with van der Waals surface area (Å²) >= 11 is 0. The smallest absolute Gasteiger partial charge is 0.263 e. The number of aromatic nitrogens is 2. The minimum Gasteiger partial charge on any atom is -0.263 e. The van der Waals surface area contributed by atoms with Gasteiger partial charge in [0.2, 0.25) is 0 Å². The molecule has 1 aromatic rings. The van der Waals surface area contributed by atoms with Crippen LogP contribution >= 0.6 is 0 Å². The minimum atomic E-state index is -4.33. The molecule has 1 aromatic heterocycles. The first-order valence-electron chi connectivity index (χ1n) is 2.91. The number of rotatable bonds is 0. The van der Waals surface area contributed by atoms with Crippen LogP contribution in [0.1, 0.15) is 11.3 Å². The minimum absolute atomic E-state index is 0.0278. The first-order valence-corrected chi connectivity index (χ1v) is 2.91. The second kappa shape index (κ2) is 2.25. The highest BCUT2D eigenvalue weighted by atomic mass is 19.4. The number of hydrogen-bond acceptors (Lipinski definition) is 1. The van der Waals surface area contributed by atoms with Crippen LogP contribution in [0.25, 0.3) is 0 Å². The van der Waals surface area contributed by atoms with Crippen LogP contribution in [0.4, 0.5) is 13.2 Å². The summed E-state index contributed by atoms with van der Waals surface area (Å²) < 4.78 is 37.0.